The largest absolute Gasteiger partial charge is 0.444 e. The maximum absolute atomic E-state index is 11.8. The lowest BCUT2D eigenvalue weighted by Crippen LogP contribution is -2.41. The molecule has 3 rings (SSSR count). The van der Waals surface area contributed by atoms with Crippen LogP contribution in [0, 0.1) is 0 Å². The van der Waals surface area contributed by atoms with E-state index < -0.39 is 0 Å². The average molecular weight is 366 g/mol. The molecule has 2 heterocycles. The molecule has 1 aromatic carbocycles. The second kappa shape index (κ2) is 10.9. The van der Waals surface area contributed by atoms with Gasteiger partial charge in [-0.25, -0.2) is 4.79 Å². The molecule has 138 valence electrons. The molecule has 6 nitrogen and oxygen atoms in total. The molecule has 7 heteroatoms. The van der Waals surface area contributed by atoms with E-state index in [0.29, 0.717) is 19.7 Å². The lowest BCUT2D eigenvalue weighted by molar-refractivity contribution is -0.125. The number of cyclic esters (lactones) is 1. The third-order valence-electron chi connectivity index (χ3n) is 3.60. The number of carbonyl (C=O) groups excluding carboxylic acids is 2. The van der Waals surface area contributed by atoms with Crippen LogP contribution in [0.1, 0.15) is 13.8 Å². The van der Waals surface area contributed by atoms with E-state index in [2.05, 4.69) is 22.4 Å². The van der Waals surface area contributed by atoms with Gasteiger partial charge in [-0.2, -0.15) is 0 Å². The van der Waals surface area contributed by atoms with Crippen molar-refractivity contribution in [1.82, 2.24) is 0 Å². The van der Waals surface area contributed by atoms with Crippen LogP contribution in [-0.4, -0.2) is 50.6 Å². The zero-order chi connectivity index (χ0) is 18.8. The highest BCUT2D eigenvalue weighted by atomic mass is 31.0. The summed E-state index contributed by atoms with van der Waals surface area (Å²) < 4.78 is 10.3. The molecule has 2 aliphatic rings. The second-order valence-corrected chi connectivity index (χ2v) is 5.44. The van der Waals surface area contributed by atoms with Crippen LogP contribution in [0.5, 0.6) is 0 Å². The summed E-state index contributed by atoms with van der Waals surface area (Å²) in [7, 11) is 2.58. The van der Waals surface area contributed by atoms with Crippen molar-refractivity contribution in [3.8, 4) is 0 Å². The molecule has 0 N–H and O–H groups in total. The number of hydrogen-bond donors (Lipinski definition) is 0. The van der Waals surface area contributed by atoms with Gasteiger partial charge in [0, 0.05) is 24.1 Å². The molecular formula is C18H27N2O4P. The van der Waals surface area contributed by atoms with Crippen molar-refractivity contribution in [3.63, 3.8) is 0 Å². The third kappa shape index (κ3) is 5.28. The van der Waals surface area contributed by atoms with Gasteiger partial charge in [0.1, 0.15) is 12.7 Å². The molecule has 25 heavy (non-hydrogen) atoms. The first-order chi connectivity index (χ1) is 12.2. The minimum absolute atomic E-state index is 0.0438. The SMILES string of the molecule is C=C.CC.O=C1COCCN1c1ccc(N2C[C@H](CP)OC2=O)cc1. The number of morpholine rings is 1. The number of carbonyl (C=O) groups is 2. The summed E-state index contributed by atoms with van der Waals surface area (Å²) in [6, 6.07) is 7.37. The Morgan fingerprint density at radius 1 is 1.12 bits per heavy atom. The van der Waals surface area contributed by atoms with Crippen molar-refractivity contribution in [2.75, 3.05) is 42.3 Å². The predicted molar refractivity (Wildman–Crippen MR) is 104 cm³/mol. The van der Waals surface area contributed by atoms with Crippen LogP contribution in [0.3, 0.4) is 0 Å². The van der Waals surface area contributed by atoms with Crippen LogP contribution in [-0.2, 0) is 14.3 Å². The van der Waals surface area contributed by atoms with Gasteiger partial charge in [-0.15, -0.1) is 22.4 Å². The van der Waals surface area contributed by atoms with Crippen molar-refractivity contribution in [2.45, 2.75) is 20.0 Å². The van der Waals surface area contributed by atoms with Crippen molar-refractivity contribution in [2.24, 2.45) is 0 Å². The van der Waals surface area contributed by atoms with Crippen molar-refractivity contribution in [3.05, 3.63) is 37.4 Å². The number of ether oxygens (including phenoxy) is 2. The van der Waals surface area contributed by atoms with E-state index in [1.165, 1.54) is 0 Å². The minimum atomic E-state index is -0.322. The van der Waals surface area contributed by atoms with E-state index in [4.69, 9.17) is 9.47 Å². The fourth-order valence-corrected chi connectivity index (χ4v) is 2.70. The van der Waals surface area contributed by atoms with Crippen LogP contribution in [0.2, 0.25) is 0 Å². The molecule has 2 amide bonds. The lowest BCUT2D eigenvalue weighted by atomic mass is 10.2. The highest BCUT2D eigenvalue weighted by molar-refractivity contribution is 7.16. The van der Waals surface area contributed by atoms with E-state index in [1.807, 2.05) is 38.1 Å². The van der Waals surface area contributed by atoms with Crippen LogP contribution < -0.4 is 9.80 Å². The Bertz CT molecular complexity index is 565. The van der Waals surface area contributed by atoms with E-state index in [1.54, 1.807) is 9.80 Å². The number of hydrogen-bond acceptors (Lipinski definition) is 4. The molecule has 0 saturated carbocycles. The molecule has 1 aromatic rings. The van der Waals surface area contributed by atoms with Gasteiger partial charge in [-0.1, -0.05) is 13.8 Å². The Labute approximate surface area is 152 Å². The number of rotatable bonds is 3. The molecule has 1 unspecified atom stereocenters. The Kier molecular flexibility index (Phi) is 9.17. The van der Waals surface area contributed by atoms with Crippen LogP contribution in [0.25, 0.3) is 0 Å². The van der Waals surface area contributed by atoms with Gasteiger partial charge in [0.15, 0.2) is 0 Å². The second-order valence-electron chi connectivity index (χ2n) is 4.97. The number of amides is 2. The van der Waals surface area contributed by atoms with E-state index in [9.17, 15) is 9.59 Å². The molecule has 0 aliphatic carbocycles. The molecule has 2 saturated heterocycles. The first-order valence-corrected chi connectivity index (χ1v) is 9.17. The minimum Gasteiger partial charge on any atom is -0.444 e. The third-order valence-corrected chi connectivity index (χ3v) is 4.12. The summed E-state index contributed by atoms with van der Waals surface area (Å²) >= 11 is 0. The topological polar surface area (TPSA) is 59.1 Å². The zero-order valence-corrected chi connectivity index (χ0v) is 16.1. The van der Waals surface area contributed by atoms with Gasteiger partial charge in [-0.3, -0.25) is 9.69 Å². The van der Waals surface area contributed by atoms with E-state index in [-0.39, 0.29) is 24.7 Å². The smallest absolute Gasteiger partial charge is 0.414 e. The van der Waals surface area contributed by atoms with Crippen molar-refractivity contribution >= 4 is 32.6 Å². The Morgan fingerprint density at radius 3 is 2.16 bits per heavy atom. The number of benzene rings is 1. The maximum atomic E-state index is 11.8. The Morgan fingerprint density at radius 2 is 1.68 bits per heavy atom. The van der Waals surface area contributed by atoms with Crippen molar-refractivity contribution in [1.29, 1.82) is 0 Å². The van der Waals surface area contributed by atoms with Crippen LogP contribution in [0.15, 0.2) is 37.4 Å². The van der Waals surface area contributed by atoms with Gasteiger partial charge in [0.25, 0.3) is 5.91 Å². The van der Waals surface area contributed by atoms with E-state index in [0.717, 1.165) is 17.5 Å². The molecule has 2 aliphatic heterocycles. The zero-order valence-electron chi connectivity index (χ0n) is 14.9. The molecule has 0 aromatic heterocycles. The lowest BCUT2D eigenvalue weighted by Gasteiger charge is -2.27. The average Bonchev–Trinajstić information content (AvgIpc) is 3.06. The summed E-state index contributed by atoms with van der Waals surface area (Å²) in [6.07, 6.45) is 0.323. The van der Waals surface area contributed by atoms with Crippen LogP contribution >= 0.6 is 9.24 Å². The van der Waals surface area contributed by atoms with Gasteiger partial charge < -0.3 is 14.4 Å². The molecule has 2 atom stereocenters. The summed E-state index contributed by atoms with van der Waals surface area (Å²) in [6.45, 7) is 11.8. The monoisotopic (exact) mass is 366 g/mol. The van der Waals surface area contributed by atoms with Crippen LogP contribution in [0.4, 0.5) is 16.2 Å². The summed E-state index contributed by atoms with van der Waals surface area (Å²) in [4.78, 5) is 26.9. The van der Waals surface area contributed by atoms with Gasteiger partial charge in [0.2, 0.25) is 0 Å². The number of nitrogens with zero attached hydrogens (tertiary/aromatic N) is 2. The molecule has 2 fully saturated rings. The van der Waals surface area contributed by atoms with Gasteiger partial charge >= 0.3 is 6.09 Å². The highest BCUT2D eigenvalue weighted by Crippen LogP contribution is 2.26. The standard InChI is InChI=1S/C14H17N2O4P.C2H6.C2H4/c17-13-8-19-6-5-15(13)10-1-3-11(4-2-10)16-7-12(9-21)20-14(16)18;2*1-2/h1-4,12H,5-9,21H2;1-2H3;1-2H2/t12-;;/m1../s1. The summed E-state index contributed by atoms with van der Waals surface area (Å²) in [5, 5.41) is 0. The summed E-state index contributed by atoms with van der Waals surface area (Å²) in [5.41, 5.74) is 1.60. The Hall–Kier alpha value is -1.91. The Balaban J connectivity index is 0.000000730. The summed E-state index contributed by atoms with van der Waals surface area (Å²) in [5.74, 6) is -0.0438. The fourth-order valence-electron chi connectivity index (χ4n) is 2.46. The first-order valence-electron chi connectivity index (χ1n) is 8.35. The first kappa shape index (κ1) is 21.1. The highest BCUT2D eigenvalue weighted by Gasteiger charge is 2.31. The maximum Gasteiger partial charge on any atom is 0.414 e. The molecule has 0 radical (unpaired) electrons. The molecule has 0 bridgehead atoms. The van der Waals surface area contributed by atoms with Crippen molar-refractivity contribution < 1.29 is 19.1 Å². The molecule has 0 spiro atoms. The van der Waals surface area contributed by atoms with Gasteiger partial charge in [0.05, 0.1) is 13.2 Å². The molecular weight excluding hydrogens is 339 g/mol. The normalized spacial score (nSPS) is 19.4. The van der Waals surface area contributed by atoms with Gasteiger partial charge in [-0.05, 0) is 24.3 Å². The predicted octanol–water partition coefficient (Wildman–Crippen LogP) is 3.08. The van der Waals surface area contributed by atoms with E-state index >= 15 is 0 Å². The quantitative estimate of drug-likeness (QED) is 0.609. The number of anilines is 2. The fraction of sp³-hybridized carbons (Fsp3) is 0.444.